The molecule has 0 fully saturated rings. The van der Waals surface area contributed by atoms with Crippen LogP contribution < -0.4 is 11.1 Å². The lowest BCUT2D eigenvalue weighted by Crippen LogP contribution is -2.23. The Labute approximate surface area is 105 Å². The summed E-state index contributed by atoms with van der Waals surface area (Å²) in [5.41, 5.74) is 7.01. The second kappa shape index (κ2) is 7.38. The summed E-state index contributed by atoms with van der Waals surface area (Å²) in [6, 6.07) is 9.60. The number of nitrogens with two attached hydrogens (primary N) is 1. The Morgan fingerprint density at radius 1 is 1.11 bits per heavy atom. The molecule has 0 aliphatic heterocycles. The number of rotatable bonds is 7. The molecule has 1 aromatic rings. The molecule has 0 heterocycles. The van der Waals surface area contributed by atoms with Crippen molar-refractivity contribution in [2.75, 3.05) is 13.1 Å². The molecule has 0 aliphatic rings. The maximum Gasteiger partial charge on any atom is 0.389 e. The number of hydrogen-bond donors (Lipinski definition) is 2. The minimum atomic E-state index is -4.05. The van der Waals surface area contributed by atoms with Crippen LogP contribution in [0.1, 0.15) is 30.9 Å². The summed E-state index contributed by atoms with van der Waals surface area (Å²) in [6.07, 6.45) is -3.95. The zero-order valence-corrected chi connectivity index (χ0v) is 10.2. The average Bonchev–Trinajstić information content (AvgIpc) is 2.33. The van der Waals surface area contributed by atoms with E-state index in [1.54, 1.807) is 0 Å². The molecule has 1 aromatic carbocycles. The Morgan fingerprint density at radius 3 is 2.39 bits per heavy atom. The van der Waals surface area contributed by atoms with Gasteiger partial charge in [0.2, 0.25) is 0 Å². The highest BCUT2D eigenvalue weighted by Gasteiger charge is 2.25. The Hall–Kier alpha value is -1.07. The van der Waals surface area contributed by atoms with Crippen LogP contribution >= 0.6 is 0 Å². The molecule has 1 rings (SSSR count). The van der Waals surface area contributed by atoms with E-state index < -0.39 is 12.6 Å². The highest BCUT2D eigenvalue weighted by Crippen LogP contribution is 2.20. The van der Waals surface area contributed by atoms with Crippen molar-refractivity contribution in [1.82, 2.24) is 5.32 Å². The van der Waals surface area contributed by atoms with E-state index >= 15 is 0 Å². The average molecular weight is 260 g/mol. The number of nitrogens with one attached hydrogen (secondary N) is 1. The van der Waals surface area contributed by atoms with E-state index in [9.17, 15) is 13.2 Å². The van der Waals surface area contributed by atoms with Gasteiger partial charge in [-0.15, -0.1) is 0 Å². The third kappa shape index (κ3) is 6.61. The number of benzene rings is 1. The standard InChI is InChI=1S/C13H19F3N2/c14-13(15,16)8-4-9-18-10-7-12(17)11-5-2-1-3-6-11/h1-3,5-6,12,18H,4,7-10,17H2. The minimum Gasteiger partial charge on any atom is -0.324 e. The van der Waals surface area contributed by atoms with Crippen LogP contribution in [0.15, 0.2) is 30.3 Å². The van der Waals surface area contributed by atoms with Gasteiger partial charge in [0.05, 0.1) is 0 Å². The number of hydrogen-bond acceptors (Lipinski definition) is 2. The van der Waals surface area contributed by atoms with Gasteiger partial charge in [0.15, 0.2) is 0 Å². The maximum atomic E-state index is 11.9. The van der Waals surface area contributed by atoms with Gasteiger partial charge >= 0.3 is 6.18 Å². The first-order chi connectivity index (χ1) is 8.49. The van der Waals surface area contributed by atoms with Crippen LogP contribution in [0.3, 0.4) is 0 Å². The molecule has 0 aliphatic carbocycles. The molecule has 0 bridgehead atoms. The van der Waals surface area contributed by atoms with E-state index in [1.165, 1.54) is 0 Å². The van der Waals surface area contributed by atoms with Gasteiger partial charge < -0.3 is 11.1 Å². The minimum absolute atomic E-state index is 0.0682. The molecule has 0 aromatic heterocycles. The van der Waals surface area contributed by atoms with Gasteiger partial charge in [0.1, 0.15) is 0 Å². The van der Waals surface area contributed by atoms with Crippen molar-refractivity contribution in [2.24, 2.45) is 5.73 Å². The summed E-state index contributed by atoms with van der Waals surface area (Å²) in [6.45, 7) is 1.01. The van der Waals surface area contributed by atoms with Crippen molar-refractivity contribution >= 4 is 0 Å². The first kappa shape index (κ1) is 15.0. The molecule has 1 unspecified atom stereocenters. The van der Waals surface area contributed by atoms with Crippen LogP contribution in [0.2, 0.25) is 0 Å². The summed E-state index contributed by atoms with van der Waals surface area (Å²) in [4.78, 5) is 0. The largest absolute Gasteiger partial charge is 0.389 e. The summed E-state index contributed by atoms with van der Waals surface area (Å²) in [7, 11) is 0. The highest BCUT2D eigenvalue weighted by atomic mass is 19.4. The van der Waals surface area contributed by atoms with E-state index in [-0.39, 0.29) is 12.5 Å². The molecule has 2 nitrogen and oxygen atoms in total. The van der Waals surface area contributed by atoms with Gasteiger partial charge in [0.25, 0.3) is 0 Å². The van der Waals surface area contributed by atoms with Gasteiger partial charge in [0, 0.05) is 12.5 Å². The second-order valence-corrected chi connectivity index (χ2v) is 4.27. The lowest BCUT2D eigenvalue weighted by atomic mass is 10.1. The van der Waals surface area contributed by atoms with Crippen molar-refractivity contribution in [3.05, 3.63) is 35.9 Å². The Balaban J connectivity index is 2.08. The molecule has 0 saturated heterocycles. The van der Waals surface area contributed by atoms with Gasteiger partial charge in [-0.05, 0) is 31.5 Å². The van der Waals surface area contributed by atoms with Crippen LogP contribution in [0.25, 0.3) is 0 Å². The Kier molecular flexibility index (Phi) is 6.15. The monoisotopic (exact) mass is 260 g/mol. The Morgan fingerprint density at radius 2 is 1.78 bits per heavy atom. The molecule has 3 N–H and O–H groups in total. The van der Waals surface area contributed by atoms with Crippen LogP contribution in [0.5, 0.6) is 0 Å². The normalized spacial score (nSPS) is 13.6. The van der Waals surface area contributed by atoms with Gasteiger partial charge in [-0.25, -0.2) is 0 Å². The molecular formula is C13H19F3N2. The molecular weight excluding hydrogens is 241 g/mol. The second-order valence-electron chi connectivity index (χ2n) is 4.27. The molecule has 0 radical (unpaired) electrons. The fourth-order valence-electron chi connectivity index (χ4n) is 1.66. The molecule has 18 heavy (non-hydrogen) atoms. The topological polar surface area (TPSA) is 38.0 Å². The van der Waals surface area contributed by atoms with E-state index in [0.29, 0.717) is 13.1 Å². The molecule has 1 atom stereocenters. The Bertz CT molecular complexity index is 325. The number of halogens is 3. The molecule has 5 heteroatoms. The van der Waals surface area contributed by atoms with Crippen molar-refractivity contribution < 1.29 is 13.2 Å². The molecule has 0 saturated carbocycles. The van der Waals surface area contributed by atoms with Gasteiger partial charge in [-0.2, -0.15) is 13.2 Å². The van der Waals surface area contributed by atoms with Crippen molar-refractivity contribution in [1.29, 1.82) is 0 Å². The van der Waals surface area contributed by atoms with Crippen molar-refractivity contribution in [3.63, 3.8) is 0 Å². The molecule has 0 spiro atoms. The maximum absolute atomic E-state index is 11.9. The lowest BCUT2D eigenvalue weighted by molar-refractivity contribution is -0.135. The lowest BCUT2D eigenvalue weighted by Gasteiger charge is -2.12. The summed E-state index contributed by atoms with van der Waals surface area (Å²) in [5, 5.41) is 2.98. The van der Waals surface area contributed by atoms with E-state index in [4.69, 9.17) is 5.73 Å². The first-order valence-corrected chi connectivity index (χ1v) is 6.07. The van der Waals surface area contributed by atoms with Crippen LogP contribution in [0.4, 0.5) is 13.2 Å². The van der Waals surface area contributed by atoms with Crippen LogP contribution in [-0.4, -0.2) is 19.3 Å². The zero-order valence-electron chi connectivity index (χ0n) is 10.2. The predicted molar refractivity (Wildman–Crippen MR) is 66.1 cm³/mol. The van der Waals surface area contributed by atoms with E-state index in [0.717, 1.165) is 12.0 Å². The van der Waals surface area contributed by atoms with E-state index in [1.807, 2.05) is 30.3 Å². The predicted octanol–water partition coefficient (Wildman–Crippen LogP) is 3.01. The molecule has 102 valence electrons. The van der Waals surface area contributed by atoms with Crippen LogP contribution in [0, 0.1) is 0 Å². The van der Waals surface area contributed by atoms with Crippen molar-refractivity contribution in [2.45, 2.75) is 31.5 Å². The fourth-order valence-corrected chi connectivity index (χ4v) is 1.66. The third-order valence-corrected chi connectivity index (χ3v) is 2.67. The number of alkyl halides is 3. The summed E-state index contributed by atoms with van der Waals surface area (Å²) in [5.74, 6) is 0. The summed E-state index contributed by atoms with van der Waals surface area (Å²) >= 11 is 0. The van der Waals surface area contributed by atoms with Gasteiger partial charge in [-0.3, -0.25) is 0 Å². The van der Waals surface area contributed by atoms with Crippen molar-refractivity contribution in [3.8, 4) is 0 Å². The summed E-state index contributed by atoms with van der Waals surface area (Å²) < 4.78 is 35.6. The van der Waals surface area contributed by atoms with E-state index in [2.05, 4.69) is 5.32 Å². The van der Waals surface area contributed by atoms with Gasteiger partial charge in [-0.1, -0.05) is 30.3 Å². The fraction of sp³-hybridized carbons (Fsp3) is 0.538. The third-order valence-electron chi connectivity index (χ3n) is 2.67. The first-order valence-electron chi connectivity index (χ1n) is 6.07. The van der Waals surface area contributed by atoms with Crippen LogP contribution in [-0.2, 0) is 0 Å². The highest BCUT2D eigenvalue weighted by molar-refractivity contribution is 5.18. The molecule has 0 amide bonds. The SMILES string of the molecule is NC(CCNCCCC(F)(F)F)c1ccccc1. The quantitative estimate of drug-likeness (QED) is 0.740. The smallest absolute Gasteiger partial charge is 0.324 e. The zero-order chi connectivity index (χ0) is 13.4.